The molecule has 0 aliphatic rings. The molecule has 3 N–H and O–H groups in total. The van der Waals surface area contributed by atoms with E-state index < -0.39 is 11.9 Å². The van der Waals surface area contributed by atoms with E-state index in [4.69, 9.17) is 40.6 Å². The second kappa shape index (κ2) is 6.74. The van der Waals surface area contributed by atoms with Crippen LogP contribution in [0, 0.1) is 5.82 Å². The second-order valence-corrected chi connectivity index (χ2v) is 5.54. The number of nitrogens with one attached hydrogen (secondary N) is 1. The zero-order valence-electron chi connectivity index (χ0n) is 10.3. The minimum atomic E-state index is -0.454. The summed E-state index contributed by atoms with van der Waals surface area (Å²) in [6, 6.07) is 9.20. The standard InChI is InChI=1S/C14H12Cl3FN2/c15-8-4-5-9(13(18)6-8)14(20-19)7-10-11(16)2-1-3-12(10)17/h1-6,14,20H,7,19H2. The Morgan fingerprint density at radius 1 is 1.10 bits per heavy atom. The van der Waals surface area contributed by atoms with Crippen LogP contribution in [-0.2, 0) is 6.42 Å². The van der Waals surface area contributed by atoms with Crippen LogP contribution < -0.4 is 11.3 Å². The molecule has 106 valence electrons. The van der Waals surface area contributed by atoms with Crippen LogP contribution in [0.5, 0.6) is 0 Å². The average Bonchev–Trinajstić information content (AvgIpc) is 2.40. The van der Waals surface area contributed by atoms with Gasteiger partial charge in [-0.3, -0.25) is 11.3 Å². The van der Waals surface area contributed by atoms with Crippen LogP contribution in [0.25, 0.3) is 0 Å². The van der Waals surface area contributed by atoms with Gasteiger partial charge in [-0.05, 0) is 36.2 Å². The first kappa shape index (κ1) is 15.5. The van der Waals surface area contributed by atoms with Crippen LogP contribution in [0.15, 0.2) is 36.4 Å². The summed E-state index contributed by atoms with van der Waals surface area (Å²) in [5.41, 5.74) is 3.71. The lowest BCUT2D eigenvalue weighted by Gasteiger charge is -2.18. The Morgan fingerprint density at radius 3 is 2.30 bits per heavy atom. The highest BCUT2D eigenvalue weighted by Gasteiger charge is 2.18. The first-order valence-corrected chi connectivity index (χ1v) is 7.00. The fourth-order valence-corrected chi connectivity index (χ4v) is 2.68. The number of benzene rings is 2. The van der Waals surface area contributed by atoms with Crippen molar-refractivity contribution in [3.8, 4) is 0 Å². The molecule has 2 aromatic rings. The van der Waals surface area contributed by atoms with Crippen molar-refractivity contribution in [1.29, 1.82) is 0 Å². The Hall–Kier alpha value is -0.840. The van der Waals surface area contributed by atoms with Crippen molar-refractivity contribution in [3.63, 3.8) is 0 Å². The van der Waals surface area contributed by atoms with Crippen LogP contribution in [0.2, 0.25) is 15.1 Å². The molecular weight excluding hydrogens is 322 g/mol. The Balaban J connectivity index is 2.34. The third-order valence-corrected chi connectivity index (χ3v) is 3.95. The highest BCUT2D eigenvalue weighted by Crippen LogP contribution is 2.30. The van der Waals surface area contributed by atoms with Crippen molar-refractivity contribution in [2.45, 2.75) is 12.5 Å². The minimum Gasteiger partial charge on any atom is -0.271 e. The van der Waals surface area contributed by atoms with Crippen LogP contribution in [0.3, 0.4) is 0 Å². The van der Waals surface area contributed by atoms with E-state index in [1.54, 1.807) is 30.3 Å². The molecule has 0 amide bonds. The van der Waals surface area contributed by atoms with E-state index in [9.17, 15) is 4.39 Å². The molecule has 0 aliphatic carbocycles. The van der Waals surface area contributed by atoms with Gasteiger partial charge in [0.2, 0.25) is 0 Å². The SMILES string of the molecule is NNC(Cc1c(Cl)cccc1Cl)c1ccc(Cl)cc1F. The number of hydrogen-bond acceptors (Lipinski definition) is 2. The lowest BCUT2D eigenvalue weighted by Crippen LogP contribution is -2.30. The van der Waals surface area contributed by atoms with Gasteiger partial charge in [-0.1, -0.05) is 46.9 Å². The maximum Gasteiger partial charge on any atom is 0.129 e. The largest absolute Gasteiger partial charge is 0.271 e. The van der Waals surface area contributed by atoms with Crippen molar-refractivity contribution in [3.05, 3.63) is 68.4 Å². The van der Waals surface area contributed by atoms with E-state index in [0.29, 0.717) is 32.6 Å². The molecule has 0 saturated carbocycles. The van der Waals surface area contributed by atoms with E-state index in [1.165, 1.54) is 6.07 Å². The van der Waals surface area contributed by atoms with E-state index >= 15 is 0 Å². The Morgan fingerprint density at radius 2 is 1.75 bits per heavy atom. The van der Waals surface area contributed by atoms with Gasteiger partial charge < -0.3 is 0 Å². The number of hydrazine groups is 1. The molecule has 0 aliphatic heterocycles. The zero-order chi connectivity index (χ0) is 14.7. The molecule has 20 heavy (non-hydrogen) atoms. The van der Waals surface area contributed by atoms with Crippen LogP contribution in [0.1, 0.15) is 17.2 Å². The molecule has 0 aromatic heterocycles. The summed E-state index contributed by atoms with van der Waals surface area (Å²) in [5.74, 6) is 5.10. The summed E-state index contributed by atoms with van der Waals surface area (Å²) >= 11 is 18.0. The maximum absolute atomic E-state index is 13.9. The zero-order valence-corrected chi connectivity index (χ0v) is 12.6. The average molecular weight is 334 g/mol. The second-order valence-electron chi connectivity index (χ2n) is 4.29. The van der Waals surface area contributed by atoms with E-state index in [2.05, 4.69) is 5.43 Å². The number of hydrogen-bond donors (Lipinski definition) is 2. The van der Waals surface area contributed by atoms with E-state index in [1.807, 2.05) is 0 Å². The number of rotatable bonds is 4. The smallest absolute Gasteiger partial charge is 0.129 e. The first-order chi connectivity index (χ1) is 9.52. The lowest BCUT2D eigenvalue weighted by molar-refractivity contribution is 0.511. The van der Waals surface area contributed by atoms with Gasteiger partial charge in [0.1, 0.15) is 5.82 Å². The van der Waals surface area contributed by atoms with Gasteiger partial charge in [-0.2, -0.15) is 0 Å². The van der Waals surface area contributed by atoms with Gasteiger partial charge in [-0.25, -0.2) is 4.39 Å². The fourth-order valence-electron chi connectivity index (χ4n) is 1.97. The van der Waals surface area contributed by atoms with Gasteiger partial charge in [0.15, 0.2) is 0 Å². The Bertz CT molecular complexity index is 599. The molecule has 1 atom stereocenters. The molecule has 0 bridgehead atoms. The molecule has 2 rings (SSSR count). The van der Waals surface area contributed by atoms with Crippen molar-refractivity contribution in [1.82, 2.24) is 5.43 Å². The Labute approximate surface area is 131 Å². The van der Waals surface area contributed by atoms with Gasteiger partial charge in [0.25, 0.3) is 0 Å². The highest BCUT2D eigenvalue weighted by atomic mass is 35.5. The van der Waals surface area contributed by atoms with Gasteiger partial charge in [-0.15, -0.1) is 0 Å². The molecule has 0 saturated heterocycles. The molecule has 0 fully saturated rings. The summed E-state index contributed by atoms with van der Waals surface area (Å²) in [6.07, 6.45) is 0.369. The molecule has 0 heterocycles. The van der Waals surface area contributed by atoms with Crippen molar-refractivity contribution in [2.24, 2.45) is 5.84 Å². The maximum atomic E-state index is 13.9. The van der Waals surface area contributed by atoms with Crippen LogP contribution in [-0.4, -0.2) is 0 Å². The molecular formula is C14H12Cl3FN2. The number of nitrogens with two attached hydrogens (primary N) is 1. The summed E-state index contributed by atoms with van der Waals surface area (Å²) in [6.45, 7) is 0. The monoisotopic (exact) mass is 332 g/mol. The fraction of sp³-hybridized carbons (Fsp3) is 0.143. The molecule has 0 radical (unpaired) electrons. The quantitative estimate of drug-likeness (QED) is 0.637. The summed E-state index contributed by atoms with van der Waals surface area (Å²) in [7, 11) is 0. The highest BCUT2D eigenvalue weighted by molar-refractivity contribution is 6.36. The summed E-state index contributed by atoms with van der Waals surface area (Å²) in [4.78, 5) is 0. The van der Waals surface area contributed by atoms with Crippen molar-refractivity contribution >= 4 is 34.8 Å². The van der Waals surface area contributed by atoms with Crippen molar-refractivity contribution in [2.75, 3.05) is 0 Å². The predicted octanol–water partition coefficient (Wildman–Crippen LogP) is 4.53. The third-order valence-electron chi connectivity index (χ3n) is 3.01. The van der Waals surface area contributed by atoms with Crippen molar-refractivity contribution < 1.29 is 4.39 Å². The molecule has 6 heteroatoms. The van der Waals surface area contributed by atoms with Gasteiger partial charge in [0, 0.05) is 20.6 Å². The normalized spacial score (nSPS) is 12.4. The van der Waals surface area contributed by atoms with Crippen LogP contribution >= 0.6 is 34.8 Å². The van der Waals surface area contributed by atoms with Crippen LogP contribution in [0.4, 0.5) is 4.39 Å². The minimum absolute atomic E-state index is 0.331. The molecule has 1 unspecified atom stereocenters. The van der Waals surface area contributed by atoms with E-state index in [-0.39, 0.29) is 0 Å². The summed E-state index contributed by atoms with van der Waals surface area (Å²) in [5, 5.41) is 1.37. The molecule has 2 aromatic carbocycles. The van der Waals surface area contributed by atoms with E-state index in [0.717, 1.165) is 0 Å². The lowest BCUT2D eigenvalue weighted by atomic mass is 9.99. The molecule has 2 nitrogen and oxygen atoms in total. The third kappa shape index (κ3) is 3.43. The first-order valence-electron chi connectivity index (χ1n) is 5.87. The topological polar surface area (TPSA) is 38.0 Å². The number of halogens is 4. The Kier molecular flexibility index (Phi) is 5.24. The van der Waals surface area contributed by atoms with Gasteiger partial charge in [0.05, 0.1) is 6.04 Å². The molecule has 0 spiro atoms. The van der Waals surface area contributed by atoms with Gasteiger partial charge >= 0.3 is 0 Å². The predicted molar refractivity (Wildman–Crippen MR) is 81.6 cm³/mol. The summed E-state index contributed by atoms with van der Waals surface area (Å²) < 4.78 is 13.9.